The van der Waals surface area contributed by atoms with E-state index in [9.17, 15) is 9.90 Å². The van der Waals surface area contributed by atoms with Crippen LogP contribution in [-0.4, -0.2) is 52.7 Å². The number of aliphatic carboxylic acids is 1. The lowest BCUT2D eigenvalue weighted by molar-refractivity contribution is -0.146. The van der Waals surface area contributed by atoms with Crippen LogP contribution < -0.4 is 4.74 Å². The number of aromatic nitrogens is 2. The molecule has 7 heteroatoms. The Bertz CT molecular complexity index is 1090. The molecular formula is C27H32FN3O3. The van der Waals surface area contributed by atoms with Crippen molar-refractivity contribution >= 4 is 16.9 Å². The molecule has 1 N–H and O–H groups in total. The van der Waals surface area contributed by atoms with E-state index in [0.29, 0.717) is 30.7 Å². The first-order chi connectivity index (χ1) is 16.5. The molecule has 4 rings (SSSR count). The topological polar surface area (TPSA) is 75.5 Å². The van der Waals surface area contributed by atoms with Crippen LogP contribution in [0, 0.1) is 11.8 Å². The molecule has 0 amide bonds. The number of fused-ring (bicyclic) bond motifs is 1. The Morgan fingerprint density at radius 1 is 1.24 bits per heavy atom. The van der Waals surface area contributed by atoms with Gasteiger partial charge in [-0.3, -0.25) is 14.8 Å². The van der Waals surface area contributed by atoms with Crippen molar-refractivity contribution in [3.63, 3.8) is 0 Å². The van der Waals surface area contributed by atoms with E-state index in [1.807, 2.05) is 30.3 Å². The van der Waals surface area contributed by atoms with Gasteiger partial charge in [0.25, 0.3) is 0 Å². The lowest BCUT2D eigenvalue weighted by Crippen LogP contribution is -2.44. The molecular weight excluding hydrogens is 433 g/mol. The average Bonchev–Trinajstić information content (AvgIpc) is 2.87. The lowest BCUT2D eigenvalue weighted by Gasteiger charge is -2.37. The van der Waals surface area contributed by atoms with E-state index < -0.39 is 18.1 Å². The van der Waals surface area contributed by atoms with Crippen LogP contribution >= 0.6 is 0 Å². The van der Waals surface area contributed by atoms with E-state index in [1.165, 1.54) is 5.56 Å². The van der Waals surface area contributed by atoms with Gasteiger partial charge in [0.2, 0.25) is 0 Å². The van der Waals surface area contributed by atoms with Gasteiger partial charge < -0.3 is 14.7 Å². The number of rotatable bonds is 10. The molecule has 1 aliphatic rings. The molecule has 0 bridgehead atoms. The number of nitrogens with zero attached hydrogens (tertiary/aromatic N) is 3. The quantitative estimate of drug-likeness (QED) is 0.450. The summed E-state index contributed by atoms with van der Waals surface area (Å²) in [6, 6.07) is 11.2. The van der Waals surface area contributed by atoms with Gasteiger partial charge in [-0.15, -0.1) is 0 Å². The molecule has 2 aromatic heterocycles. The lowest BCUT2D eigenvalue weighted by atomic mass is 9.81. The van der Waals surface area contributed by atoms with Crippen molar-refractivity contribution in [1.29, 1.82) is 0 Å². The standard InChI is InChI=1S/C27H32FN3O3/c1-34-21-5-7-26-23(17-21)22(10-14-30-26)25(28)6-4-20-11-16-31(18-24(20)27(32)33)15-2-3-19-8-12-29-13-9-19/h5,7-10,12-14,17,20,24-25H,2-4,6,11,15-16,18H2,1H3,(H,32,33)/t20-,24+,25-/m1/s1. The third-order valence-corrected chi connectivity index (χ3v) is 6.96. The maximum Gasteiger partial charge on any atom is 0.308 e. The summed E-state index contributed by atoms with van der Waals surface area (Å²) >= 11 is 0. The molecule has 1 aliphatic heterocycles. The first-order valence-corrected chi connectivity index (χ1v) is 12.0. The number of carboxylic acids is 1. The summed E-state index contributed by atoms with van der Waals surface area (Å²) < 4.78 is 20.7. The molecule has 1 saturated heterocycles. The van der Waals surface area contributed by atoms with E-state index in [1.54, 1.807) is 31.8 Å². The Morgan fingerprint density at radius 2 is 2.06 bits per heavy atom. The van der Waals surface area contributed by atoms with Gasteiger partial charge >= 0.3 is 5.97 Å². The van der Waals surface area contributed by atoms with Gasteiger partial charge in [0, 0.05) is 30.5 Å². The largest absolute Gasteiger partial charge is 0.497 e. The zero-order valence-corrected chi connectivity index (χ0v) is 19.6. The van der Waals surface area contributed by atoms with Crippen molar-refractivity contribution in [1.82, 2.24) is 14.9 Å². The van der Waals surface area contributed by atoms with Crippen molar-refractivity contribution < 1.29 is 19.0 Å². The number of hydrogen-bond donors (Lipinski definition) is 1. The van der Waals surface area contributed by atoms with Gasteiger partial charge in [-0.25, -0.2) is 4.39 Å². The number of likely N-dealkylation sites (tertiary alicyclic amines) is 1. The van der Waals surface area contributed by atoms with Crippen molar-refractivity contribution in [3.05, 3.63) is 66.1 Å². The Morgan fingerprint density at radius 3 is 2.82 bits per heavy atom. The van der Waals surface area contributed by atoms with Crippen LogP contribution in [0.15, 0.2) is 55.0 Å². The number of piperidine rings is 1. The van der Waals surface area contributed by atoms with E-state index in [0.717, 1.165) is 43.3 Å². The van der Waals surface area contributed by atoms with Gasteiger partial charge in [0.15, 0.2) is 0 Å². The Hall–Kier alpha value is -3.06. The Labute approximate surface area is 199 Å². The van der Waals surface area contributed by atoms with Gasteiger partial charge in [0.1, 0.15) is 11.9 Å². The fourth-order valence-electron chi connectivity index (χ4n) is 5.02. The monoisotopic (exact) mass is 465 g/mol. The minimum absolute atomic E-state index is 0.0187. The van der Waals surface area contributed by atoms with E-state index in [2.05, 4.69) is 14.9 Å². The predicted molar refractivity (Wildman–Crippen MR) is 130 cm³/mol. The highest BCUT2D eigenvalue weighted by atomic mass is 19.1. The van der Waals surface area contributed by atoms with Crippen LogP contribution in [0.25, 0.3) is 10.9 Å². The maximum atomic E-state index is 15.4. The minimum Gasteiger partial charge on any atom is -0.497 e. The summed E-state index contributed by atoms with van der Waals surface area (Å²) in [7, 11) is 1.59. The van der Waals surface area contributed by atoms with Crippen molar-refractivity contribution in [2.45, 2.75) is 38.3 Å². The summed E-state index contributed by atoms with van der Waals surface area (Å²) in [5.41, 5.74) is 2.56. The number of benzene rings is 1. The summed E-state index contributed by atoms with van der Waals surface area (Å²) in [6.45, 7) is 2.26. The zero-order valence-electron chi connectivity index (χ0n) is 19.6. The van der Waals surface area contributed by atoms with Crippen LogP contribution in [-0.2, 0) is 11.2 Å². The summed E-state index contributed by atoms with van der Waals surface area (Å²) in [4.78, 5) is 22.6. The van der Waals surface area contributed by atoms with E-state index >= 15 is 4.39 Å². The number of pyridine rings is 2. The molecule has 3 aromatic rings. The Balaban J connectivity index is 1.34. The van der Waals surface area contributed by atoms with Crippen LogP contribution in [0.2, 0.25) is 0 Å². The maximum absolute atomic E-state index is 15.4. The smallest absolute Gasteiger partial charge is 0.308 e. The predicted octanol–water partition coefficient (Wildman–Crippen LogP) is 5.08. The molecule has 0 spiro atoms. The average molecular weight is 466 g/mol. The van der Waals surface area contributed by atoms with Crippen LogP contribution in [0.3, 0.4) is 0 Å². The van der Waals surface area contributed by atoms with Gasteiger partial charge in [-0.05, 0) is 98.6 Å². The number of methoxy groups -OCH3 is 1. The number of carbonyl (C=O) groups is 1. The highest BCUT2D eigenvalue weighted by Crippen LogP contribution is 2.35. The molecule has 1 fully saturated rings. The third kappa shape index (κ3) is 5.89. The van der Waals surface area contributed by atoms with E-state index in [-0.39, 0.29) is 5.92 Å². The SMILES string of the molecule is COc1ccc2nccc([C@H](F)CC[C@@H]3CCN(CCCc4ccncc4)C[C@@H]3C(=O)O)c2c1. The van der Waals surface area contributed by atoms with E-state index in [4.69, 9.17) is 4.74 Å². The zero-order chi connectivity index (χ0) is 23.9. The molecule has 0 aliphatic carbocycles. The summed E-state index contributed by atoms with van der Waals surface area (Å²) in [5, 5.41) is 10.6. The Kier molecular flexibility index (Phi) is 8.06. The van der Waals surface area contributed by atoms with Crippen LogP contribution in [0.1, 0.15) is 43.0 Å². The van der Waals surface area contributed by atoms with Crippen molar-refractivity contribution in [3.8, 4) is 5.75 Å². The highest BCUT2D eigenvalue weighted by molar-refractivity contribution is 5.83. The van der Waals surface area contributed by atoms with Crippen molar-refractivity contribution in [2.75, 3.05) is 26.7 Å². The molecule has 0 radical (unpaired) electrons. The van der Waals surface area contributed by atoms with Crippen molar-refractivity contribution in [2.24, 2.45) is 11.8 Å². The number of hydrogen-bond acceptors (Lipinski definition) is 5. The normalized spacial score (nSPS) is 19.7. The van der Waals surface area contributed by atoms with Crippen LogP contribution in [0.4, 0.5) is 4.39 Å². The third-order valence-electron chi connectivity index (χ3n) is 6.96. The molecule has 34 heavy (non-hydrogen) atoms. The second kappa shape index (κ2) is 11.4. The molecule has 0 unspecified atom stereocenters. The summed E-state index contributed by atoms with van der Waals surface area (Å²) in [6.07, 6.45) is 7.61. The summed E-state index contributed by atoms with van der Waals surface area (Å²) in [5.74, 6) is -0.597. The second-order valence-corrected chi connectivity index (χ2v) is 9.08. The van der Waals surface area contributed by atoms with Gasteiger partial charge in [0.05, 0.1) is 18.5 Å². The number of carboxylic acid groups (broad SMARTS) is 1. The molecule has 6 nitrogen and oxygen atoms in total. The fourth-order valence-corrected chi connectivity index (χ4v) is 5.02. The minimum atomic E-state index is -1.18. The first-order valence-electron chi connectivity index (χ1n) is 12.0. The molecule has 180 valence electrons. The fraction of sp³-hybridized carbons (Fsp3) is 0.444. The molecule has 3 heterocycles. The molecule has 3 atom stereocenters. The van der Waals surface area contributed by atoms with Crippen LogP contribution in [0.5, 0.6) is 5.75 Å². The van der Waals surface area contributed by atoms with Gasteiger partial charge in [-0.2, -0.15) is 0 Å². The number of halogens is 1. The number of ether oxygens (including phenoxy) is 1. The van der Waals surface area contributed by atoms with Gasteiger partial charge in [-0.1, -0.05) is 0 Å². The number of alkyl halides is 1. The number of aryl methyl sites for hydroxylation is 1. The molecule has 1 aromatic carbocycles. The molecule has 0 saturated carbocycles. The highest BCUT2D eigenvalue weighted by Gasteiger charge is 2.34. The second-order valence-electron chi connectivity index (χ2n) is 9.08. The first kappa shape index (κ1) is 24.1.